The Kier molecular flexibility index (Phi) is 6.82. The van der Waals surface area contributed by atoms with Crippen LogP contribution in [0, 0.1) is 11.3 Å². The number of hydrogen-bond acceptors (Lipinski definition) is 5. The van der Waals surface area contributed by atoms with E-state index < -0.39 is 0 Å². The molecule has 0 unspecified atom stereocenters. The van der Waals surface area contributed by atoms with Gasteiger partial charge in [-0.1, -0.05) is 58.4 Å². The fourth-order valence-electron chi connectivity index (χ4n) is 4.01. The zero-order chi connectivity index (χ0) is 24.0. The summed E-state index contributed by atoms with van der Waals surface area (Å²) in [6.45, 7) is 2.01. The molecule has 2 aromatic heterocycles. The summed E-state index contributed by atoms with van der Waals surface area (Å²) in [7, 11) is 0. The van der Waals surface area contributed by atoms with Crippen molar-refractivity contribution in [2.75, 3.05) is 11.4 Å². The van der Waals surface area contributed by atoms with Crippen LogP contribution < -0.4 is 4.90 Å². The molecule has 172 valence electrons. The first kappa shape index (κ1) is 22.8. The van der Waals surface area contributed by atoms with Crippen LogP contribution in [0.15, 0.2) is 95.7 Å². The van der Waals surface area contributed by atoms with Crippen LogP contribution in [-0.4, -0.2) is 26.3 Å². The number of halogens is 1. The van der Waals surface area contributed by atoms with Crippen molar-refractivity contribution in [3.63, 3.8) is 0 Å². The predicted octanol–water partition coefficient (Wildman–Crippen LogP) is 5.76. The third-order valence-electron chi connectivity index (χ3n) is 5.96. The molecule has 0 bridgehead atoms. The van der Waals surface area contributed by atoms with Crippen LogP contribution in [0.4, 0.5) is 5.82 Å². The van der Waals surface area contributed by atoms with Gasteiger partial charge in [0.15, 0.2) is 5.82 Å². The molecule has 2 heterocycles. The molecule has 0 atom stereocenters. The molecule has 0 fully saturated rings. The lowest BCUT2D eigenvalue weighted by atomic mass is 10.1. The van der Waals surface area contributed by atoms with Gasteiger partial charge in [0.25, 0.3) is 0 Å². The normalized spacial score (nSPS) is 10.9. The monoisotopic (exact) mass is 522 g/mol. The third kappa shape index (κ3) is 5.56. The first-order valence-electron chi connectivity index (χ1n) is 11.4. The Morgan fingerprint density at radius 1 is 0.886 bits per heavy atom. The maximum atomic E-state index is 9.06. The lowest BCUT2D eigenvalue weighted by Crippen LogP contribution is -2.28. The molecule has 5 aromatic rings. The van der Waals surface area contributed by atoms with E-state index in [1.54, 1.807) is 6.33 Å². The topological polar surface area (TPSA) is 70.6 Å². The van der Waals surface area contributed by atoms with Crippen molar-refractivity contribution in [3.8, 4) is 6.07 Å². The van der Waals surface area contributed by atoms with Crippen LogP contribution in [0.5, 0.6) is 0 Å². The van der Waals surface area contributed by atoms with Gasteiger partial charge in [-0.2, -0.15) is 5.26 Å². The van der Waals surface area contributed by atoms with Crippen LogP contribution in [-0.2, 0) is 19.5 Å². The van der Waals surface area contributed by atoms with E-state index in [2.05, 4.69) is 84.1 Å². The second kappa shape index (κ2) is 10.5. The average Bonchev–Trinajstić information content (AvgIpc) is 3.34. The minimum absolute atomic E-state index is 0.581. The van der Waals surface area contributed by atoms with E-state index in [1.807, 2.05) is 42.5 Å². The lowest BCUT2D eigenvalue weighted by Gasteiger charge is -2.24. The molecular weight excluding hydrogens is 500 g/mol. The van der Waals surface area contributed by atoms with Crippen molar-refractivity contribution in [3.05, 3.63) is 118 Å². The highest BCUT2D eigenvalue weighted by molar-refractivity contribution is 9.10. The van der Waals surface area contributed by atoms with E-state index in [1.165, 1.54) is 5.56 Å². The second-order valence-corrected chi connectivity index (χ2v) is 9.26. The Morgan fingerprint density at radius 2 is 1.66 bits per heavy atom. The van der Waals surface area contributed by atoms with Gasteiger partial charge < -0.3 is 9.47 Å². The van der Waals surface area contributed by atoms with Gasteiger partial charge in [-0.25, -0.2) is 4.98 Å². The summed E-state index contributed by atoms with van der Waals surface area (Å²) >= 11 is 3.51. The Hall–Kier alpha value is -4.02. The van der Waals surface area contributed by atoms with E-state index in [4.69, 9.17) is 10.2 Å². The van der Waals surface area contributed by atoms with E-state index in [0.29, 0.717) is 18.7 Å². The number of rotatable bonds is 8. The summed E-state index contributed by atoms with van der Waals surface area (Å²) in [6, 6.07) is 30.6. The third-order valence-corrected chi connectivity index (χ3v) is 6.48. The van der Waals surface area contributed by atoms with Gasteiger partial charge in [0.2, 0.25) is 0 Å². The van der Waals surface area contributed by atoms with Gasteiger partial charge in [0, 0.05) is 16.4 Å². The van der Waals surface area contributed by atoms with Crippen LogP contribution in [0.25, 0.3) is 10.9 Å². The van der Waals surface area contributed by atoms with E-state index in [9.17, 15) is 0 Å². The number of anilines is 1. The number of nitriles is 1. The molecule has 5 rings (SSSR count). The maximum absolute atomic E-state index is 9.06. The van der Waals surface area contributed by atoms with Crippen molar-refractivity contribution in [1.82, 2.24) is 19.7 Å². The summed E-state index contributed by atoms with van der Waals surface area (Å²) < 4.78 is 3.12. The Bertz CT molecular complexity index is 1470. The van der Waals surface area contributed by atoms with E-state index in [-0.39, 0.29) is 0 Å². The molecule has 35 heavy (non-hydrogen) atoms. The van der Waals surface area contributed by atoms with Crippen LogP contribution in [0.1, 0.15) is 22.5 Å². The minimum Gasteiger partial charge on any atom is -0.349 e. The Labute approximate surface area is 212 Å². The maximum Gasteiger partial charge on any atom is 0.152 e. The van der Waals surface area contributed by atoms with Gasteiger partial charge >= 0.3 is 0 Å². The van der Waals surface area contributed by atoms with Crippen LogP contribution >= 0.6 is 15.9 Å². The number of fused-ring (bicyclic) bond motifs is 1. The van der Waals surface area contributed by atoms with Crippen molar-refractivity contribution < 1.29 is 0 Å². The first-order chi connectivity index (χ1) is 17.2. The lowest BCUT2D eigenvalue weighted by molar-refractivity contribution is 0.673. The van der Waals surface area contributed by atoms with Crippen molar-refractivity contribution >= 4 is 32.7 Å². The average molecular weight is 523 g/mol. The molecule has 0 saturated heterocycles. The van der Waals surface area contributed by atoms with Crippen LogP contribution in [0.3, 0.4) is 0 Å². The first-order valence-corrected chi connectivity index (χ1v) is 12.2. The van der Waals surface area contributed by atoms with Gasteiger partial charge in [-0.3, -0.25) is 0 Å². The second-order valence-electron chi connectivity index (χ2n) is 8.34. The Morgan fingerprint density at radius 3 is 2.46 bits per heavy atom. The van der Waals surface area contributed by atoms with Crippen molar-refractivity contribution in [1.29, 1.82) is 5.26 Å². The highest BCUT2D eigenvalue weighted by Gasteiger charge is 2.15. The molecule has 0 radical (unpaired) electrons. The fourth-order valence-corrected chi connectivity index (χ4v) is 4.27. The van der Waals surface area contributed by atoms with Gasteiger partial charge in [-0.05, 0) is 60.0 Å². The number of nitrogens with zero attached hydrogens (tertiary/aromatic N) is 6. The zero-order valence-electron chi connectivity index (χ0n) is 19.0. The summed E-state index contributed by atoms with van der Waals surface area (Å²) in [5.41, 5.74) is 3.98. The standard InChI is InChI=1S/C28H23BrN6/c29-25-12-9-21(10-13-25)15-16-34(27-14-11-24-3-1-2-4-26(24)32-27)19-28-33-31-20-35(28)18-23-7-5-22(17-30)6-8-23/h1-14,20H,15-16,18-19H2. The molecule has 0 saturated carbocycles. The quantitative estimate of drug-likeness (QED) is 0.259. The summed E-state index contributed by atoms with van der Waals surface area (Å²) in [5.74, 6) is 1.77. The van der Waals surface area contributed by atoms with E-state index in [0.717, 1.165) is 45.5 Å². The van der Waals surface area contributed by atoms with Crippen LogP contribution in [0.2, 0.25) is 0 Å². The highest BCUT2D eigenvalue weighted by atomic mass is 79.9. The minimum atomic E-state index is 0.581. The zero-order valence-corrected chi connectivity index (χ0v) is 20.6. The number of hydrogen-bond donors (Lipinski definition) is 0. The van der Waals surface area contributed by atoms with E-state index >= 15 is 0 Å². The number of pyridine rings is 1. The molecule has 0 amide bonds. The SMILES string of the molecule is N#Cc1ccc(Cn2cnnc2CN(CCc2ccc(Br)cc2)c2ccc3ccccc3n2)cc1. The fraction of sp³-hybridized carbons (Fsp3) is 0.143. The smallest absolute Gasteiger partial charge is 0.152 e. The molecule has 0 N–H and O–H groups in total. The number of aromatic nitrogens is 4. The molecule has 0 aliphatic rings. The molecule has 3 aromatic carbocycles. The highest BCUT2D eigenvalue weighted by Crippen LogP contribution is 2.21. The molecule has 6 nitrogen and oxygen atoms in total. The number of benzene rings is 3. The molecule has 0 aliphatic heterocycles. The van der Waals surface area contributed by atoms with Crippen molar-refractivity contribution in [2.24, 2.45) is 0 Å². The van der Waals surface area contributed by atoms with Gasteiger partial charge in [-0.15, -0.1) is 10.2 Å². The summed E-state index contributed by atoms with van der Waals surface area (Å²) in [6.07, 6.45) is 2.64. The molecule has 0 spiro atoms. The van der Waals surface area contributed by atoms with Gasteiger partial charge in [0.1, 0.15) is 12.1 Å². The van der Waals surface area contributed by atoms with Crippen molar-refractivity contribution in [2.45, 2.75) is 19.5 Å². The molecule has 7 heteroatoms. The number of para-hydroxylation sites is 1. The summed E-state index contributed by atoms with van der Waals surface area (Å²) in [5, 5.41) is 18.8. The largest absolute Gasteiger partial charge is 0.349 e. The summed E-state index contributed by atoms with van der Waals surface area (Å²) in [4.78, 5) is 7.20. The Balaban J connectivity index is 1.41. The molecule has 0 aliphatic carbocycles. The molecular formula is C28H23BrN6. The van der Waals surface area contributed by atoms with Gasteiger partial charge in [0.05, 0.1) is 30.2 Å². The predicted molar refractivity (Wildman–Crippen MR) is 141 cm³/mol.